The fraction of sp³-hybridized carbons (Fsp3) is 0. The molecule has 0 atom stereocenters. The summed E-state index contributed by atoms with van der Waals surface area (Å²) < 4.78 is 0. The maximum atomic E-state index is 2.38. The van der Waals surface area contributed by atoms with Crippen LogP contribution in [0.15, 0.2) is 97.1 Å². The minimum Gasteiger partial charge on any atom is -0.0610 e. The van der Waals surface area contributed by atoms with Crippen LogP contribution in [0.5, 0.6) is 0 Å². The van der Waals surface area contributed by atoms with Crippen LogP contribution >= 0.6 is 0 Å². The quantitative estimate of drug-likeness (QED) is 0.160. The molecule has 0 aromatic heterocycles. The van der Waals surface area contributed by atoms with Crippen LogP contribution in [0.2, 0.25) is 0 Å². The zero-order valence-electron chi connectivity index (χ0n) is 19.2. The fourth-order valence-corrected chi connectivity index (χ4v) is 8.13. The topological polar surface area (TPSA) is 0 Å². The van der Waals surface area contributed by atoms with Crippen molar-refractivity contribution >= 4 is 108 Å². The van der Waals surface area contributed by atoms with Crippen molar-refractivity contribution in [3.63, 3.8) is 0 Å². The standard InChI is InChI=1S/C36H16/c1-3-17-9-13-25-26-14-10-18-4-2-6-22-24-16-12-20-8-7-19-11-15-23-21(5-1)27(17)31(25)35-33(23)29(19)30(20)34(24)36(35)32(26)28(18)22/h1-16H. The van der Waals surface area contributed by atoms with Crippen molar-refractivity contribution in [3.8, 4) is 0 Å². The van der Waals surface area contributed by atoms with Gasteiger partial charge in [-0.25, -0.2) is 0 Å². The first-order valence-electron chi connectivity index (χ1n) is 12.8. The lowest BCUT2D eigenvalue weighted by Crippen LogP contribution is -1.97. The number of benzene rings is 11. The Morgan fingerprint density at radius 1 is 0.194 bits per heavy atom. The molecule has 11 rings (SSSR count). The van der Waals surface area contributed by atoms with Crippen molar-refractivity contribution in [3.05, 3.63) is 97.1 Å². The Morgan fingerprint density at radius 3 is 0.917 bits per heavy atom. The summed E-state index contributed by atoms with van der Waals surface area (Å²) in [5.74, 6) is 0. The summed E-state index contributed by atoms with van der Waals surface area (Å²) in [7, 11) is 0. The summed E-state index contributed by atoms with van der Waals surface area (Å²) in [4.78, 5) is 0. The second kappa shape index (κ2) is 5.12. The van der Waals surface area contributed by atoms with E-state index in [4.69, 9.17) is 0 Å². The molecule has 11 aromatic rings. The van der Waals surface area contributed by atoms with Gasteiger partial charge in [0.25, 0.3) is 0 Å². The minimum absolute atomic E-state index is 1.34. The lowest BCUT2D eigenvalue weighted by atomic mass is 9.76. The molecule has 0 aliphatic heterocycles. The van der Waals surface area contributed by atoms with Crippen LogP contribution in [-0.4, -0.2) is 0 Å². The van der Waals surface area contributed by atoms with Gasteiger partial charge in [-0.3, -0.25) is 0 Å². The highest BCUT2D eigenvalue weighted by molar-refractivity contribution is 6.56. The van der Waals surface area contributed by atoms with E-state index in [1.54, 1.807) is 0 Å². The summed E-state index contributed by atoms with van der Waals surface area (Å²) in [5, 5.41) is 28.1. The molecule has 0 radical (unpaired) electrons. The van der Waals surface area contributed by atoms with Crippen molar-refractivity contribution in [2.24, 2.45) is 0 Å². The zero-order chi connectivity index (χ0) is 22.9. The molecule has 0 amide bonds. The van der Waals surface area contributed by atoms with Crippen LogP contribution in [0.25, 0.3) is 108 Å². The van der Waals surface area contributed by atoms with Crippen LogP contribution < -0.4 is 0 Å². The van der Waals surface area contributed by atoms with E-state index in [1.807, 2.05) is 0 Å². The molecule has 0 saturated heterocycles. The molecule has 0 aliphatic rings. The third kappa shape index (κ3) is 1.52. The highest BCUT2D eigenvalue weighted by Crippen LogP contribution is 2.56. The summed E-state index contributed by atoms with van der Waals surface area (Å²) in [6.45, 7) is 0. The molecule has 0 heteroatoms. The molecule has 0 spiro atoms. The van der Waals surface area contributed by atoms with Crippen molar-refractivity contribution in [1.82, 2.24) is 0 Å². The molecule has 0 saturated carbocycles. The van der Waals surface area contributed by atoms with Gasteiger partial charge < -0.3 is 0 Å². The SMILES string of the molecule is c1cc2ccc3c4ccc5cccc6c7ccc8ccc9ccc%10c(c1)c2c3c1c%10c9c8c7c1c4c56. The molecular weight excluding hydrogens is 432 g/mol. The van der Waals surface area contributed by atoms with E-state index in [0.717, 1.165) is 0 Å². The van der Waals surface area contributed by atoms with E-state index in [1.165, 1.54) is 108 Å². The molecule has 0 unspecified atom stereocenters. The average molecular weight is 449 g/mol. The Morgan fingerprint density at radius 2 is 0.500 bits per heavy atom. The Kier molecular flexibility index (Phi) is 2.40. The second-order valence-electron chi connectivity index (χ2n) is 10.8. The van der Waals surface area contributed by atoms with Crippen LogP contribution in [0, 0.1) is 0 Å². The molecule has 0 nitrogen and oxygen atoms in total. The maximum absolute atomic E-state index is 2.38. The Labute approximate surface area is 204 Å². The molecule has 0 heterocycles. The third-order valence-corrected chi connectivity index (χ3v) is 9.38. The number of fused-ring (bicyclic) bond motifs is 3. The van der Waals surface area contributed by atoms with E-state index in [2.05, 4.69) is 97.1 Å². The highest BCUT2D eigenvalue weighted by Gasteiger charge is 2.27. The monoisotopic (exact) mass is 448 g/mol. The first-order chi connectivity index (χ1) is 17.9. The number of rotatable bonds is 0. The molecule has 160 valence electrons. The number of hydrogen-bond donors (Lipinski definition) is 0. The maximum Gasteiger partial charge on any atom is -0.0000487 e. The smallest absolute Gasteiger partial charge is 0.0000487 e. The molecule has 0 fully saturated rings. The van der Waals surface area contributed by atoms with Crippen molar-refractivity contribution in [2.45, 2.75) is 0 Å². The largest absolute Gasteiger partial charge is 0.0610 e. The van der Waals surface area contributed by atoms with Crippen LogP contribution in [-0.2, 0) is 0 Å². The Bertz CT molecular complexity index is 2480. The van der Waals surface area contributed by atoms with E-state index in [9.17, 15) is 0 Å². The van der Waals surface area contributed by atoms with Crippen molar-refractivity contribution in [2.75, 3.05) is 0 Å². The average Bonchev–Trinajstić information content (AvgIpc) is 2.94. The lowest BCUT2D eigenvalue weighted by molar-refractivity contribution is 1.81. The second-order valence-corrected chi connectivity index (χ2v) is 10.8. The normalized spacial score (nSPS) is 13.6. The molecule has 36 heavy (non-hydrogen) atoms. The van der Waals surface area contributed by atoms with Crippen LogP contribution in [0.1, 0.15) is 0 Å². The van der Waals surface area contributed by atoms with E-state index < -0.39 is 0 Å². The lowest BCUT2D eigenvalue weighted by Gasteiger charge is -2.26. The van der Waals surface area contributed by atoms with E-state index >= 15 is 0 Å². The van der Waals surface area contributed by atoms with Gasteiger partial charge >= 0.3 is 0 Å². The fourth-order valence-electron chi connectivity index (χ4n) is 8.13. The zero-order valence-corrected chi connectivity index (χ0v) is 19.2. The number of hydrogen-bond acceptors (Lipinski definition) is 0. The first kappa shape index (κ1) is 16.9. The van der Waals surface area contributed by atoms with Gasteiger partial charge in [0.15, 0.2) is 0 Å². The van der Waals surface area contributed by atoms with E-state index in [0.29, 0.717) is 0 Å². The van der Waals surface area contributed by atoms with Gasteiger partial charge in [-0.15, -0.1) is 0 Å². The van der Waals surface area contributed by atoms with Gasteiger partial charge in [-0.2, -0.15) is 0 Å². The highest BCUT2D eigenvalue weighted by atomic mass is 14.3. The van der Waals surface area contributed by atoms with E-state index in [-0.39, 0.29) is 0 Å². The summed E-state index contributed by atoms with van der Waals surface area (Å²) >= 11 is 0. The molecule has 0 N–H and O–H groups in total. The minimum atomic E-state index is 1.34. The third-order valence-electron chi connectivity index (χ3n) is 9.38. The molecule has 0 bridgehead atoms. The summed E-state index contributed by atoms with van der Waals surface area (Å²) in [6.07, 6.45) is 0. The van der Waals surface area contributed by atoms with Crippen LogP contribution in [0.3, 0.4) is 0 Å². The predicted molar refractivity (Wildman–Crippen MR) is 157 cm³/mol. The molecular formula is C36H16. The van der Waals surface area contributed by atoms with Crippen molar-refractivity contribution < 1.29 is 0 Å². The Hall–Kier alpha value is -4.68. The van der Waals surface area contributed by atoms with Gasteiger partial charge in [0, 0.05) is 0 Å². The molecule has 11 aromatic carbocycles. The summed E-state index contributed by atoms with van der Waals surface area (Å²) in [6, 6.07) is 37.2. The van der Waals surface area contributed by atoms with Crippen LogP contribution in [0.4, 0.5) is 0 Å². The van der Waals surface area contributed by atoms with Crippen molar-refractivity contribution in [1.29, 1.82) is 0 Å². The van der Waals surface area contributed by atoms with Gasteiger partial charge in [0.2, 0.25) is 0 Å². The van der Waals surface area contributed by atoms with Gasteiger partial charge in [-0.05, 0) is 108 Å². The van der Waals surface area contributed by atoms with Gasteiger partial charge in [0.05, 0.1) is 0 Å². The van der Waals surface area contributed by atoms with Gasteiger partial charge in [0.1, 0.15) is 0 Å². The van der Waals surface area contributed by atoms with Gasteiger partial charge in [-0.1, -0.05) is 97.1 Å². The molecule has 0 aliphatic carbocycles. The first-order valence-corrected chi connectivity index (χ1v) is 12.8. The summed E-state index contributed by atoms with van der Waals surface area (Å²) in [5.41, 5.74) is 0. The Balaban J connectivity index is 1.74. The predicted octanol–water partition coefficient (Wildman–Crippen LogP) is 10.4.